The van der Waals surface area contributed by atoms with Crippen LogP contribution in [0.1, 0.15) is 20.8 Å². The normalized spacial score (nSPS) is 17.4. The molecule has 1 aliphatic rings. The maximum absolute atomic E-state index is 11.9. The summed E-state index contributed by atoms with van der Waals surface area (Å²) in [4.78, 5) is 48.3. The summed E-state index contributed by atoms with van der Waals surface area (Å²) in [7, 11) is 0. The van der Waals surface area contributed by atoms with Gasteiger partial charge in [-0.15, -0.1) is 0 Å². The average Bonchev–Trinajstić information content (AvgIpc) is 2.32. The number of nitrogens with one attached hydrogen (secondary N) is 1. The van der Waals surface area contributed by atoms with Gasteiger partial charge in [0.1, 0.15) is 6.04 Å². The van der Waals surface area contributed by atoms with Crippen LogP contribution in [0.2, 0.25) is 0 Å². The zero-order chi connectivity index (χ0) is 15.4. The van der Waals surface area contributed by atoms with Crippen molar-refractivity contribution in [2.75, 3.05) is 19.6 Å². The van der Waals surface area contributed by atoms with Crippen molar-refractivity contribution in [1.82, 2.24) is 15.1 Å². The lowest BCUT2D eigenvalue weighted by Gasteiger charge is -2.36. The first-order valence-electron chi connectivity index (χ1n) is 6.33. The molecule has 1 unspecified atom stereocenters. The van der Waals surface area contributed by atoms with E-state index in [0.29, 0.717) is 6.54 Å². The molecule has 0 saturated carbocycles. The van der Waals surface area contributed by atoms with Crippen molar-refractivity contribution in [1.29, 1.82) is 0 Å². The molecule has 3 amide bonds. The van der Waals surface area contributed by atoms with Gasteiger partial charge in [-0.1, -0.05) is 0 Å². The molecule has 1 heterocycles. The largest absolute Gasteiger partial charge is 0.480 e. The van der Waals surface area contributed by atoms with Crippen molar-refractivity contribution >= 4 is 23.7 Å². The van der Waals surface area contributed by atoms with E-state index in [1.165, 1.54) is 11.8 Å². The number of aliphatic carboxylic acids is 1. The molecule has 1 rings (SSSR count). The molecular formula is C12H19N3O5. The number of carbonyl (C=O) groups is 4. The Balaban J connectivity index is 2.73. The Kier molecular flexibility index (Phi) is 5.06. The Morgan fingerprint density at radius 3 is 2.30 bits per heavy atom. The SMILES string of the molecule is CC(=O)NC(CN1CCN(C(C)C)C(=O)C1=O)C(=O)O. The number of hydrogen-bond donors (Lipinski definition) is 2. The Morgan fingerprint density at radius 2 is 1.85 bits per heavy atom. The molecule has 1 atom stereocenters. The summed E-state index contributed by atoms with van der Waals surface area (Å²) in [6, 6.07) is -1.30. The topological polar surface area (TPSA) is 107 Å². The van der Waals surface area contributed by atoms with Crippen LogP contribution >= 0.6 is 0 Å². The molecule has 1 fully saturated rings. The number of hydrogen-bond acceptors (Lipinski definition) is 4. The summed E-state index contributed by atoms with van der Waals surface area (Å²) in [5.41, 5.74) is 0. The molecule has 0 aromatic heterocycles. The summed E-state index contributed by atoms with van der Waals surface area (Å²) in [5.74, 6) is -3.12. The molecule has 0 bridgehead atoms. The number of rotatable bonds is 5. The highest BCUT2D eigenvalue weighted by molar-refractivity contribution is 6.35. The Labute approximate surface area is 116 Å². The van der Waals surface area contributed by atoms with Gasteiger partial charge in [0, 0.05) is 26.1 Å². The first kappa shape index (κ1) is 15.9. The summed E-state index contributed by atoms with van der Waals surface area (Å²) in [5, 5.41) is 11.2. The second kappa shape index (κ2) is 6.36. The molecule has 0 aromatic rings. The molecule has 0 aliphatic carbocycles. The zero-order valence-electron chi connectivity index (χ0n) is 11.8. The lowest BCUT2D eigenvalue weighted by molar-refractivity contribution is -0.158. The van der Waals surface area contributed by atoms with E-state index < -0.39 is 29.7 Å². The fourth-order valence-electron chi connectivity index (χ4n) is 2.01. The molecule has 1 aliphatic heterocycles. The molecule has 2 N–H and O–H groups in total. The van der Waals surface area contributed by atoms with E-state index in [0.717, 1.165) is 4.90 Å². The first-order chi connectivity index (χ1) is 9.23. The van der Waals surface area contributed by atoms with Gasteiger partial charge in [-0.05, 0) is 13.8 Å². The quantitative estimate of drug-likeness (QED) is 0.608. The van der Waals surface area contributed by atoms with E-state index in [4.69, 9.17) is 5.11 Å². The van der Waals surface area contributed by atoms with Crippen molar-refractivity contribution in [3.8, 4) is 0 Å². The van der Waals surface area contributed by atoms with E-state index >= 15 is 0 Å². The van der Waals surface area contributed by atoms with E-state index in [1.807, 2.05) is 0 Å². The van der Waals surface area contributed by atoms with Crippen molar-refractivity contribution in [3.63, 3.8) is 0 Å². The second-order valence-electron chi connectivity index (χ2n) is 4.93. The van der Waals surface area contributed by atoms with Gasteiger partial charge in [0.15, 0.2) is 0 Å². The molecule has 0 aromatic carbocycles. The van der Waals surface area contributed by atoms with Gasteiger partial charge < -0.3 is 20.2 Å². The minimum absolute atomic E-state index is 0.0841. The van der Waals surface area contributed by atoms with Crippen molar-refractivity contribution < 1.29 is 24.3 Å². The van der Waals surface area contributed by atoms with Crippen LogP contribution in [-0.2, 0) is 19.2 Å². The third-order valence-electron chi connectivity index (χ3n) is 3.04. The third kappa shape index (κ3) is 3.69. The fourth-order valence-corrected chi connectivity index (χ4v) is 2.01. The summed E-state index contributed by atoms with van der Waals surface area (Å²) < 4.78 is 0. The molecule has 8 heteroatoms. The monoisotopic (exact) mass is 285 g/mol. The fraction of sp³-hybridized carbons (Fsp3) is 0.667. The van der Waals surface area contributed by atoms with E-state index in [2.05, 4.69) is 5.32 Å². The van der Waals surface area contributed by atoms with Crippen molar-refractivity contribution in [2.24, 2.45) is 0 Å². The predicted molar refractivity (Wildman–Crippen MR) is 68.7 cm³/mol. The van der Waals surface area contributed by atoms with E-state index in [-0.39, 0.29) is 19.1 Å². The van der Waals surface area contributed by atoms with Crippen LogP contribution in [0.3, 0.4) is 0 Å². The van der Waals surface area contributed by atoms with Crippen LogP contribution in [-0.4, -0.2) is 70.3 Å². The number of carboxylic acid groups (broad SMARTS) is 1. The van der Waals surface area contributed by atoms with Crippen LogP contribution in [0, 0.1) is 0 Å². The number of piperazine rings is 1. The van der Waals surface area contributed by atoms with Crippen LogP contribution in [0.25, 0.3) is 0 Å². The highest BCUT2D eigenvalue weighted by atomic mass is 16.4. The van der Waals surface area contributed by atoms with E-state index in [1.54, 1.807) is 13.8 Å². The minimum Gasteiger partial charge on any atom is -0.480 e. The van der Waals surface area contributed by atoms with Crippen LogP contribution in [0.15, 0.2) is 0 Å². The predicted octanol–water partition coefficient (Wildman–Crippen LogP) is -1.35. The molecule has 20 heavy (non-hydrogen) atoms. The minimum atomic E-state index is -1.24. The first-order valence-corrected chi connectivity index (χ1v) is 6.33. The number of nitrogens with zero attached hydrogens (tertiary/aromatic N) is 2. The summed E-state index contributed by atoms with van der Waals surface area (Å²) >= 11 is 0. The van der Waals surface area contributed by atoms with Gasteiger partial charge in [-0.3, -0.25) is 14.4 Å². The lowest BCUT2D eigenvalue weighted by Crippen LogP contribution is -2.59. The van der Waals surface area contributed by atoms with Gasteiger partial charge in [-0.2, -0.15) is 0 Å². The second-order valence-corrected chi connectivity index (χ2v) is 4.93. The smallest absolute Gasteiger partial charge is 0.328 e. The van der Waals surface area contributed by atoms with Gasteiger partial charge in [0.25, 0.3) is 0 Å². The van der Waals surface area contributed by atoms with Crippen molar-refractivity contribution in [3.05, 3.63) is 0 Å². The number of carbonyl (C=O) groups excluding carboxylic acids is 3. The highest BCUT2D eigenvalue weighted by Gasteiger charge is 2.36. The Bertz CT molecular complexity index is 435. The van der Waals surface area contributed by atoms with Gasteiger partial charge in [-0.25, -0.2) is 4.79 Å². The van der Waals surface area contributed by atoms with Gasteiger partial charge >= 0.3 is 17.8 Å². The molecule has 1 saturated heterocycles. The average molecular weight is 285 g/mol. The Hall–Kier alpha value is -2.12. The maximum atomic E-state index is 11.9. The molecule has 0 spiro atoms. The molecular weight excluding hydrogens is 266 g/mol. The zero-order valence-corrected chi connectivity index (χ0v) is 11.8. The Morgan fingerprint density at radius 1 is 1.25 bits per heavy atom. The molecule has 112 valence electrons. The van der Waals surface area contributed by atoms with Crippen LogP contribution < -0.4 is 5.32 Å². The van der Waals surface area contributed by atoms with E-state index in [9.17, 15) is 19.2 Å². The summed E-state index contributed by atoms with van der Waals surface area (Å²) in [6.07, 6.45) is 0. The number of amides is 3. The maximum Gasteiger partial charge on any atom is 0.328 e. The van der Waals surface area contributed by atoms with Gasteiger partial charge in [0.2, 0.25) is 5.91 Å². The lowest BCUT2D eigenvalue weighted by atomic mass is 10.2. The highest BCUT2D eigenvalue weighted by Crippen LogP contribution is 2.09. The third-order valence-corrected chi connectivity index (χ3v) is 3.04. The molecule has 0 radical (unpaired) electrons. The number of carboxylic acids is 1. The standard InChI is InChI=1S/C12H19N3O5/c1-7(2)15-5-4-14(10(17)11(15)18)6-9(12(19)20)13-8(3)16/h7,9H,4-6H2,1-3H3,(H,13,16)(H,19,20). The molecule has 8 nitrogen and oxygen atoms in total. The van der Waals surface area contributed by atoms with Crippen LogP contribution in [0.4, 0.5) is 0 Å². The summed E-state index contributed by atoms with van der Waals surface area (Å²) in [6.45, 7) is 5.20. The van der Waals surface area contributed by atoms with Gasteiger partial charge in [0.05, 0.1) is 6.54 Å². The van der Waals surface area contributed by atoms with Crippen molar-refractivity contribution in [2.45, 2.75) is 32.9 Å². The van der Waals surface area contributed by atoms with Crippen LogP contribution in [0.5, 0.6) is 0 Å².